The number of benzene rings is 2. The first-order valence-electron chi connectivity index (χ1n) is 20.3. The van der Waals surface area contributed by atoms with Crippen molar-refractivity contribution in [2.45, 2.75) is 97.4 Å². The van der Waals surface area contributed by atoms with Crippen LogP contribution in [-0.2, 0) is 35.3 Å². The molecule has 18 heteroatoms. The molecular formula is C43H57F2N9O7. The Labute approximate surface area is 354 Å². The van der Waals surface area contributed by atoms with Crippen LogP contribution in [0.2, 0.25) is 0 Å². The van der Waals surface area contributed by atoms with Crippen molar-refractivity contribution in [3.8, 4) is 11.3 Å². The van der Waals surface area contributed by atoms with Crippen LogP contribution in [0.4, 0.5) is 14.5 Å². The molecule has 1 aliphatic rings. The summed E-state index contributed by atoms with van der Waals surface area (Å²) in [6, 6.07) is 6.14. The minimum atomic E-state index is -1.14. The Morgan fingerprint density at radius 2 is 1.64 bits per heavy atom. The van der Waals surface area contributed by atoms with E-state index in [2.05, 4.69) is 16.0 Å². The van der Waals surface area contributed by atoms with Crippen LogP contribution in [0.15, 0.2) is 60.8 Å². The van der Waals surface area contributed by atoms with E-state index < -0.39 is 71.5 Å². The van der Waals surface area contributed by atoms with E-state index in [4.69, 9.17) is 16.5 Å². The normalized spacial score (nSPS) is 14.7. The summed E-state index contributed by atoms with van der Waals surface area (Å²) in [7, 11) is 0. The Balaban J connectivity index is 1.47. The first kappa shape index (κ1) is 47.8. The molecule has 1 aliphatic heterocycles. The number of imide groups is 1. The molecule has 4 atom stereocenters. The molecule has 61 heavy (non-hydrogen) atoms. The van der Waals surface area contributed by atoms with Crippen LogP contribution in [0.1, 0.15) is 84.2 Å². The van der Waals surface area contributed by atoms with Gasteiger partial charge in [0.15, 0.2) is 0 Å². The lowest BCUT2D eigenvalue weighted by atomic mass is 9.84. The highest BCUT2D eigenvalue weighted by atomic mass is 19.1. The highest BCUT2D eigenvalue weighted by Gasteiger charge is 2.38. The van der Waals surface area contributed by atoms with E-state index in [0.29, 0.717) is 42.8 Å². The third kappa shape index (κ3) is 13.1. The number of aromatic nitrogens is 2. The Morgan fingerprint density at radius 3 is 2.28 bits per heavy atom. The van der Waals surface area contributed by atoms with E-state index in [1.165, 1.54) is 24.0 Å². The molecule has 0 radical (unpaired) electrons. The number of hydrogen-bond donors (Lipinski definition) is 6. The van der Waals surface area contributed by atoms with E-state index in [1.807, 2.05) is 20.8 Å². The summed E-state index contributed by atoms with van der Waals surface area (Å²) in [5.74, 6) is -3.96. The van der Waals surface area contributed by atoms with Crippen molar-refractivity contribution in [1.29, 1.82) is 0 Å². The maximum Gasteiger partial charge on any atom is 0.253 e. The predicted molar refractivity (Wildman–Crippen MR) is 224 cm³/mol. The molecule has 3 aromatic rings. The molecule has 6 amide bonds. The zero-order valence-electron chi connectivity index (χ0n) is 35.3. The van der Waals surface area contributed by atoms with Gasteiger partial charge in [0.05, 0.1) is 11.7 Å². The molecule has 330 valence electrons. The van der Waals surface area contributed by atoms with Gasteiger partial charge in [0, 0.05) is 61.7 Å². The van der Waals surface area contributed by atoms with Gasteiger partial charge in [-0.3, -0.25) is 33.7 Å². The maximum atomic E-state index is 15.1. The largest absolute Gasteiger partial charge is 0.387 e. The van der Waals surface area contributed by atoms with Crippen molar-refractivity contribution in [2.24, 2.45) is 16.9 Å². The monoisotopic (exact) mass is 849 g/mol. The van der Waals surface area contributed by atoms with Crippen molar-refractivity contribution < 1.29 is 42.7 Å². The highest BCUT2D eigenvalue weighted by molar-refractivity contribution is 6.12. The van der Waals surface area contributed by atoms with Crippen molar-refractivity contribution in [3.63, 3.8) is 0 Å². The van der Waals surface area contributed by atoms with Gasteiger partial charge in [-0.05, 0) is 81.0 Å². The number of amides is 6. The summed E-state index contributed by atoms with van der Waals surface area (Å²) in [4.78, 5) is 83.3. The van der Waals surface area contributed by atoms with E-state index >= 15 is 4.39 Å². The number of nitrogens with two attached hydrogens (primary N) is 2. The Kier molecular flexibility index (Phi) is 16.9. The third-order valence-electron chi connectivity index (χ3n) is 10.1. The van der Waals surface area contributed by atoms with Crippen LogP contribution < -0.4 is 27.4 Å². The highest BCUT2D eigenvalue weighted by Crippen LogP contribution is 2.39. The Morgan fingerprint density at radius 1 is 0.934 bits per heavy atom. The van der Waals surface area contributed by atoms with Gasteiger partial charge < -0.3 is 42.0 Å². The number of aliphatic hydroxyl groups is 1. The lowest BCUT2D eigenvalue weighted by Crippen LogP contribution is -2.57. The van der Waals surface area contributed by atoms with Crippen molar-refractivity contribution >= 4 is 41.1 Å². The second-order valence-electron chi connectivity index (χ2n) is 16.2. The number of nitrogens with one attached hydrogen (secondary N) is 3. The fourth-order valence-corrected chi connectivity index (χ4v) is 6.97. The lowest BCUT2D eigenvalue weighted by Gasteiger charge is -2.40. The van der Waals surface area contributed by atoms with Gasteiger partial charge in [0.1, 0.15) is 36.1 Å². The van der Waals surface area contributed by atoms with Gasteiger partial charge in [-0.25, -0.2) is 13.8 Å². The van der Waals surface area contributed by atoms with Gasteiger partial charge >= 0.3 is 0 Å². The number of nitrogens with zero attached hydrogens (tertiary/aromatic N) is 4. The summed E-state index contributed by atoms with van der Waals surface area (Å²) >= 11 is 0. The van der Waals surface area contributed by atoms with Gasteiger partial charge in [0.25, 0.3) is 11.8 Å². The predicted octanol–water partition coefficient (Wildman–Crippen LogP) is 2.89. The average Bonchev–Trinajstić information content (AvgIpc) is 3.75. The minimum absolute atomic E-state index is 0.0801. The minimum Gasteiger partial charge on any atom is -0.387 e. The van der Waals surface area contributed by atoms with Gasteiger partial charge in [0.2, 0.25) is 23.6 Å². The molecule has 2 heterocycles. The number of anilines is 1. The number of unbranched alkanes of at least 4 members (excludes halogenated alkanes) is 2. The molecule has 0 aliphatic carbocycles. The van der Waals surface area contributed by atoms with Gasteiger partial charge in [-0.1, -0.05) is 39.3 Å². The molecule has 0 bridgehead atoms. The molecule has 1 unspecified atom stereocenters. The fraction of sp³-hybridized carbons (Fsp3) is 0.465. The van der Waals surface area contributed by atoms with Crippen LogP contribution >= 0.6 is 0 Å². The number of imidazole rings is 1. The van der Waals surface area contributed by atoms with Gasteiger partial charge in [-0.2, -0.15) is 0 Å². The molecule has 4 rings (SSSR count). The molecular weight excluding hydrogens is 793 g/mol. The van der Waals surface area contributed by atoms with E-state index in [9.17, 15) is 38.3 Å². The quantitative estimate of drug-likeness (QED) is 0.0678. The van der Waals surface area contributed by atoms with Crippen molar-refractivity contribution in [1.82, 2.24) is 30.0 Å². The Bertz CT molecular complexity index is 2080. The van der Waals surface area contributed by atoms with Crippen LogP contribution in [0.3, 0.4) is 0 Å². The number of aliphatic hydroxyl groups excluding tert-OH is 1. The zero-order chi connectivity index (χ0) is 45.0. The number of carbonyl (C=O) groups excluding carboxylic acids is 6. The first-order valence-corrected chi connectivity index (χ1v) is 20.3. The molecule has 0 saturated heterocycles. The molecule has 1 aromatic heterocycles. The molecule has 2 aromatic carbocycles. The van der Waals surface area contributed by atoms with Crippen LogP contribution in [0.25, 0.3) is 11.3 Å². The number of hydrogen-bond acceptors (Lipinski definition) is 10. The average molecular weight is 850 g/mol. The van der Waals surface area contributed by atoms with E-state index in [0.717, 1.165) is 23.1 Å². The maximum absolute atomic E-state index is 15.1. The SMILES string of the molecule is CC(N)[C@H](NC(=O)CCCCCN1C(=O)C=CC1=O)C(=O)N[C@@H](C)C(=O)Nc1cccc(Cn2cc(-c3cc(F)ccc3F)nc2[C@H](N(CCCN)C(=O)CO)C(C)(C)C)c1. The topological polar surface area (TPSA) is 235 Å². The third-order valence-corrected chi connectivity index (χ3v) is 10.1. The summed E-state index contributed by atoms with van der Waals surface area (Å²) < 4.78 is 31.2. The van der Waals surface area contributed by atoms with Gasteiger partial charge in [-0.15, -0.1) is 0 Å². The van der Waals surface area contributed by atoms with Crippen LogP contribution in [0, 0.1) is 17.0 Å². The summed E-state index contributed by atoms with van der Waals surface area (Å²) in [6.07, 6.45) is 6.03. The van der Waals surface area contributed by atoms with Crippen LogP contribution in [0.5, 0.6) is 0 Å². The zero-order valence-corrected chi connectivity index (χ0v) is 35.3. The number of carbonyl (C=O) groups is 6. The van der Waals surface area contributed by atoms with Crippen molar-refractivity contribution in [2.75, 3.05) is 31.6 Å². The lowest BCUT2D eigenvalue weighted by molar-refractivity contribution is -0.140. The molecule has 0 spiro atoms. The standard InChI is InChI=1S/C43H57F2N9O7/c1-26(47)38(51-34(56)13-7-6-8-19-53-35(57)16-17-36(53)58)42(61)48-27(2)41(60)49-30-12-9-11-28(21-30)23-52-24-33(31-22-29(44)14-15-32(31)45)50-40(52)39(43(3,4)5)54(20-10-18-46)37(59)25-55/h9,11-12,14-17,21-22,24,26-27,38-39,55H,6-8,10,13,18-20,23,25,46-47H2,1-5H3,(H,48,61)(H,49,60)(H,51,56)/t26?,27-,38-,39-/m0/s1. The summed E-state index contributed by atoms with van der Waals surface area (Å²) in [5, 5.41) is 18.0. The number of halogens is 2. The van der Waals surface area contributed by atoms with E-state index in [-0.39, 0.29) is 55.7 Å². The van der Waals surface area contributed by atoms with Crippen molar-refractivity contribution in [3.05, 3.63) is 83.8 Å². The fourth-order valence-electron chi connectivity index (χ4n) is 6.97. The molecule has 0 fully saturated rings. The van der Waals surface area contributed by atoms with E-state index in [1.54, 1.807) is 42.0 Å². The summed E-state index contributed by atoms with van der Waals surface area (Å²) in [5.41, 5.74) is 12.2. The Hall–Kier alpha value is -5.85. The number of rotatable bonds is 21. The van der Waals surface area contributed by atoms with Crippen LogP contribution in [-0.4, -0.2) is 104 Å². The molecule has 0 saturated carbocycles. The molecule has 16 nitrogen and oxygen atoms in total. The second-order valence-corrected chi connectivity index (χ2v) is 16.2. The second kappa shape index (κ2) is 21.6. The molecule has 8 N–H and O–H groups in total. The first-order chi connectivity index (χ1) is 28.8. The summed E-state index contributed by atoms with van der Waals surface area (Å²) in [6.45, 7) is 8.79. The smallest absolute Gasteiger partial charge is 0.253 e.